The van der Waals surface area contributed by atoms with Gasteiger partial charge in [0.2, 0.25) is 5.89 Å². The Morgan fingerprint density at radius 2 is 1.93 bits per heavy atom. The third-order valence-corrected chi connectivity index (χ3v) is 4.54. The number of rotatable bonds is 4. The van der Waals surface area contributed by atoms with Crippen molar-refractivity contribution in [1.82, 2.24) is 9.88 Å². The van der Waals surface area contributed by atoms with Gasteiger partial charge in [-0.3, -0.25) is 4.79 Å². The van der Waals surface area contributed by atoms with E-state index in [2.05, 4.69) is 4.98 Å². The molecule has 1 aliphatic rings. The van der Waals surface area contributed by atoms with Gasteiger partial charge in [0.05, 0.1) is 12.2 Å². The number of hydrogen-bond donors (Lipinski definition) is 0. The molecule has 0 radical (unpaired) electrons. The lowest BCUT2D eigenvalue weighted by molar-refractivity contribution is 0.0718. The van der Waals surface area contributed by atoms with E-state index in [-0.39, 0.29) is 18.3 Å². The topological polar surface area (TPSA) is 55.6 Å². The maximum atomic E-state index is 13.0. The minimum Gasteiger partial charge on any atom is -0.484 e. The number of ether oxygens (including phenoxy) is 1. The number of nitrogens with zero attached hydrogens (tertiary/aromatic N) is 2. The summed E-state index contributed by atoms with van der Waals surface area (Å²) < 4.78 is 24.6. The summed E-state index contributed by atoms with van der Waals surface area (Å²) in [6.07, 6.45) is 0.621. The molecule has 27 heavy (non-hydrogen) atoms. The number of carbonyl (C=O) groups excluding carboxylic acids is 1. The second-order valence-corrected chi connectivity index (χ2v) is 6.56. The first-order valence-electron chi connectivity index (χ1n) is 8.80. The first-order valence-corrected chi connectivity index (χ1v) is 8.80. The van der Waals surface area contributed by atoms with Crippen LogP contribution in [0.5, 0.6) is 5.75 Å². The minimum atomic E-state index is -0.360. The molecule has 0 bridgehead atoms. The molecule has 0 fully saturated rings. The highest BCUT2D eigenvalue weighted by atomic mass is 19.1. The van der Waals surface area contributed by atoms with Crippen molar-refractivity contribution in [3.8, 4) is 5.75 Å². The molecule has 1 aliphatic heterocycles. The van der Waals surface area contributed by atoms with Gasteiger partial charge in [0, 0.05) is 18.5 Å². The number of aryl methyl sites for hydroxylation is 1. The fourth-order valence-electron chi connectivity index (χ4n) is 3.04. The first kappa shape index (κ1) is 17.3. The Morgan fingerprint density at radius 3 is 2.67 bits per heavy atom. The van der Waals surface area contributed by atoms with Gasteiger partial charge in [-0.2, -0.15) is 0 Å². The molecule has 3 aromatic rings. The van der Waals surface area contributed by atoms with E-state index in [0.29, 0.717) is 36.7 Å². The molecular weight excluding hydrogens is 347 g/mol. The Balaban J connectivity index is 1.42. The molecule has 0 saturated carbocycles. The Morgan fingerprint density at radius 1 is 1.19 bits per heavy atom. The molecule has 0 unspecified atom stereocenters. The van der Waals surface area contributed by atoms with Crippen LogP contribution >= 0.6 is 0 Å². The van der Waals surface area contributed by atoms with E-state index in [1.807, 2.05) is 31.2 Å². The zero-order chi connectivity index (χ0) is 18.8. The van der Waals surface area contributed by atoms with Gasteiger partial charge >= 0.3 is 0 Å². The smallest absolute Gasteiger partial charge is 0.254 e. The van der Waals surface area contributed by atoms with Crippen LogP contribution in [-0.4, -0.2) is 22.3 Å². The lowest BCUT2D eigenvalue weighted by Crippen LogP contribution is -2.35. The van der Waals surface area contributed by atoms with Crippen LogP contribution in [-0.2, 0) is 19.6 Å². The van der Waals surface area contributed by atoms with Crippen LogP contribution in [0.15, 0.2) is 52.9 Å². The molecule has 1 amide bonds. The summed E-state index contributed by atoms with van der Waals surface area (Å²) in [5.41, 5.74) is 2.49. The number of carbonyl (C=O) groups is 1. The highest BCUT2D eigenvalue weighted by molar-refractivity contribution is 5.94. The van der Waals surface area contributed by atoms with Crippen molar-refractivity contribution in [2.45, 2.75) is 26.5 Å². The quantitative estimate of drug-likeness (QED) is 0.703. The van der Waals surface area contributed by atoms with Gasteiger partial charge in [-0.25, -0.2) is 9.37 Å². The maximum Gasteiger partial charge on any atom is 0.254 e. The fourth-order valence-corrected chi connectivity index (χ4v) is 3.04. The molecule has 0 aliphatic carbocycles. The minimum absolute atomic E-state index is 0.144. The van der Waals surface area contributed by atoms with Gasteiger partial charge < -0.3 is 14.1 Å². The van der Waals surface area contributed by atoms with Gasteiger partial charge in [-0.05, 0) is 43.3 Å². The number of benzene rings is 2. The highest BCUT2D eigenvalue weighted by Gasteiger charge is 2.26. The molecule has 138 valence electrons. The Hall–Kier alpha value is -3.15. The normalized spacial score (nSPS) is 13.3. The Kier molecular flexibility index (Phi) is 4.62. The molecule has 6 heteroatoms. The Labute approximate surface area is 156 Å². The van der Waals surface area contributed by atoms with E-state index in [0.717, 1.165) is 11.4 Å². The zero-order valence-corrected chi connectivity index (χ0v) is 14.9. The molecule has 0 saturated heterocycles. The van der Waals surface area contributed by atoms with Crippen molar-refractivity contribution < 1.29 is 18.3 Å². The van der Waals surface area contributed by atoms with E-state index >= 15 is 0 Å². The maximum absolute atomic E-state index is 13.0. The van der Waals surface area contributed by atoms with Crippen molar-refractivity contribution in [3.05, 3.63) is 82.8 Å². The average molecular weight is 366 g/mol. The number of aromatic nitrogens is 1. The molecule has 5 nitrogen and oxygen atoms in total. The molecular formula is C21H19FN2O3. The van der Waals surface area contributed by atoms with Crippen LogP contribution in [0.1, 0.15) is 33.3 Å². The van der Waals surface area contributed by atoms with Crippen LogP contribution in [0.3, 0.4) is 0 Å². The summed E-state index contributed by atoms with van der Waals surface area (Å²) in [4.78, 5) is 18.8. The molecule has 2 aromatic carbocycles. The van der Waals surface area contributed by atoms with E-state index < -0.39 is 0 Å². The summed E-state index contributed by atoms with van der Waals surface area (Å²) >= 11 is 0. The largest absolute Gasteiger partial charge is 0.484 e. The number of amides is 1. The number of halogens is 1. The SMILES string of the molecule is Cc1ccc(OCc2nc3c(o2)CN(C(=O)c2ccc(F)cc2)CC3)cc1. The van der Waals surface area contributed by atoms with E-state index in [4.69, 9.17) is 9.15 Å². The van der Waals surface area contributed by atoms with Crippen LogP contribution in [0, 0.1) is 12.7 Å². The van der Waals surface area contributed by atoms with Crippen molar-refractivity contribution >= 4 is 5.91 Å². The predicted octanol–water partition coefficient (Wildman–Crippen LogP) is 3.90. The molecule has 2 heterocycles. The van der Waals surface area contributed by atoms with E-state index in [9.17, 15) is 9.18 Å². The summed E-state index contributed by atoms with van der Waals surface area (Å²) in [6.45, 7) is 3.16. The van der Waals surface area contributed by atoms with E-state index in [1.165, 1.54) is 29.8 Å². The fraction of sp³-hybridized carbons (Fsp3) is 0.238. The van der Waals surface area contributed by atoms with Gasteiger partial charge in [0.1, 0.15) is 17.3 Å². The molecule has 0 atom stereocenters. The number of hydrogen-bond acceptors (Lipinski definition) is 4. The number of oxazole rings is 1. The second kappa shape index (κ2) is 7.23. The van der Waals surface area contributed by atoms with Gasteiger partial charge in [0.25, 0.3) is 5.91 Å². The molecule has 4 rings (SSSR count). The first-order chi connectivity index (χ1) is 13.1. The standard InChI is InChI=1S/C21H19FN2O3/c1-14-2-8-17(9-3-14)26-13-20-23-18-10-11-24(12-19(18)27-20)21(25)15-4-6-16(22)7-5-15/h2-9H,10-13H2,1H3. The van der Waals surface area contributed by atoms with Crippen LogP contribution in [0.2, 0.25) is 0 Å². The van der Waals surface area contributed by atoms with Crippen LogP contribution in [0.4, 0.5) is 4.39 Å². The monoisotopic (exact) mass is 366 g/mol. The third kappa shape index (κ3) is 3.84. The lowest BCUT2D eigenvalue weighted by Gasteiger charge is -2.25. The molecule has 1 aromatic heterocycles. The highest BCUT2D eigenvalue weighted by Crippen LogP contribution is 2.22. The summed E-state index contributed by atoms with van der Waals surface area (Å²) in [5.74, 6) is 1.43. The van der Waals surface area contributed by atoms with Gasteiger partial charge in [-0.1, -0.05) is 17.7 Å². The molecule has 0 spiro atoms. The summed E-state index contributed by atoms with van der Waals surface area (Å²) in [7, 11) is 0. The van der Waals surface area contributed by atoms with Crippen LogP contribution < -0.4 is 4.74 Å². The summed E-state index contributed by atoms with van der Waals surface area (Å²) in [6, 6.07) is 13.3. The van der Waals surface area contributed by atoms with Crippen molar-refractivity contribution in [1.29, 1.82) is 0 Å². The Bertz CT molecular complexity index is 949. The summed E-state index contributed by atoms with van der Waals surface area (Å²) in [5, 5.41) is 0. The predicted molar refractivity (Wildman–Crippen MR) is 96.9 cm³/mol. The van der Waals surface area contributed by atoms with Crippen molar-refractivity contribution in [3.63, 3.8) is 0 Å². The van der Waals surface area contributed by atoms with E-state index in [1.54, 1.807) is 4.90 Å². The van der Waals surface area contributed by atoms with Crippen molar-refractivity contribution in [2.24, 2.45) is 0 Å². The van der Waals surface area contributed by atoms with Crippen LogP contribution in [0.25, 0.3) is 0 Å². The lowest BCUT2D eigenvalue weighted by atomic mass is 10.1. The van der Waals surface area contributed by atoms with Gasteiger partial charge in [-0.15, -0.1) is 0 Å². The average Bonchev–Trinajstić information content (AvgIpc) is 3.09. The van der Waals surface area contributed by atoms with Crippen molar-refractivity contribution in [2.75, 3.05) is 6.54 Å². The molecule has 0 N–H and O–H groups in total. The second-order valence-electron chi connectivity index (χ2n) is 6.56. The zero-order valence-electron chi connectivity index (χ0n) is 14.9. The van der Waals surface area contributed by atoms with Gasteiger partial charge in [0.15, 0.2) is 6.61 Å². The number of fused-ring (bicyclic) bond motifs is 1. The third-order valence-electron chi connectivity index (χ3n) is 4.54.